The van der Waals surface area contributed by atoms with Gasteiger partial charge in [0, 0.05) is 13.0 Å². The number of nitrogens with zero attached hydrogens (tertiary/aromatic N) is 1. The minimum Gasteiger partial charge on any atom is -0.314 e. The van der Waals surface area contributed by atoms with Crippen molar-refractivity contribution in [1.82, 2.24) is 10.2 Å². The fraction of sp³-hybridized carbons (Fsp3) is 1.00. The highest BCUT2D eigenvalue weighted by molar-refractivity contribution is 4.80. The normalized spacial score (nSPS) is 25.4. The van der Waals surface area contributed by atoms with Gasteiger partial charge in [-0.25, -0.2) is 8.78 Å². The molecule has 0 bridgehead atoms. The molecule has 1 N–H and O–H groups in total. The maximum atomic E-state index is 13.1. The van der Waals surface area contributed by atoms with E-state index < -0.39 is 5.92 Å². The lowest BCUT2D eigenvalue weighted by atomic mass is 10.0. The fourth-order valence-electron chi connectivity index (χ4n) is 1.95. The van der Waals surface area contributed by atoms with Crippen LogP contribution in [-0.4, -0.2) is 44.6 Å². The van der Waals surface area contributed by atoms with E-state index in [9.17, 15) is 8.78 Å². The summed E-state index contributed by atoms with van der Waals surface area (Å²) >= 11 is 0. The molecule has 0 amide bonds. The van der Waals surface area contributed by atoms with E-state index in [0.29, 0.717) is 0 Å². The zero-order valence-corrected chi connectivity index (χ0v) is 8.32. The number of alkyl halides is 2. The second-order valence-electron chi connectivity index (χ2n) is 4.01. The Kier molecular flexibility index (Phi) is 3.62. The summed E-state index contributed by atoms with van der Waals surface area (Å²) in [5, 5.41) is 2.53. The molecule has 0 aliphatic carbocycles. The molecule has 1 saturated heterocycles. The first-order valence-corrected chi connectivity index (χ1v) is 4.74. The van der Waals surface area contributed by atoms with Gasteiger partial charge < -0.3 is 10.2 Å². The summed E-state index contributed by atoms with van der Waals surface area (Å²) in [6, 6.07) is 0. The van der Waals surface area contributed by atoms with E-state index in [1.165, 1.54) is 0 Å². The van der Waals surface area contributed by atoms with Crippen LogP contribution < -0.4 is 5.32 Å². The molecule has 2 nitrogen and oxygen atoms in total. The molecule has 1 fully saturated rings. The standard InChI is InChI=1S/C9H18F2N2/c1-12-7-9(10,11)5-8-3-4-13(2)6-8/h8,12H,3-7H2,1-2H3. The van der Waals surface area contributed by atoms with E-state index in [2.05, 4.69) is 10.2 Å². The van der Waals surface area contributed by atoms with Crippen molar-refractivity contribution < 1.29 is 8.78 Å². The summed E-state index contributed by atoms with van der Waals surface area (Å²) in [6.45, 7) is 1.58. The van der Waals surface area contributed by atoms with Crippen LogP contribution in [0.1, 0.15) is 12.8 Å². The molecule has 4 heteroatoms. The second kappa shape index (κ2) is 4.33. The quantitative estimate of drug-likeness (QED) is 0.719. The fourth-order valence-corrected chi connectivity index (χ4v) is 1.95. The maximum Gasteiger partial charge on any atom is 0.260 e. The minimum absolute atomic E-state index is 0.0260. The van der Waals surface area contributed by atoms with Crippen molar-refractivity contribution in [2.45, 2.75) is 18.8 Å². The van der Waals surface area contributed by atoms with Gasteiger partial charge in [0.1, 0.15) is 0 Å². The summed E-state index contributed by atoms with van der Waals surface area (Å²) in [6.07, 6.45) is 0.938. The Bertz CT molecular complexity index is 162. The predicted molar refractivity (Wildman–Crippen MR) is 49.1 cm³/mol. The van der Waals surface area contributed by atoms with Crippen LogP contribution >= 0.6 is 0 Å². The van der Waals surface area contributed by atoms with Crippen molar-refractivity contribution in [3.63, 3.8) is 0 Å². The summed E-state index contributed by atoms with van der Waals surface area (Å²) in [5.41, 5.74) is 0. The first-order chi connectivity index (χ1) is 6.03. The van der Waals surface area contributed by atoms with Crippen LogP contribution in [0.2, 0.25) is 0 Å². The molecule has 78 valence electrons. The molecule has 13 heavy (non-hydrogen) atoms. The third-order valence-electron chi connectivity index (χ3n) is 2.51. The number of rotatable bonds is 4. The Hall–Kier alpha value is -0.220. The van der Waals surface area contributed by atoms with Gasteiger partial charge in [-0.05, 0) is 33.0 Å². The third-order valence-corrected chi connectivity index (χ3v) is 2.51. The SMILES string of the molecule is CNCC(F)(F)CC1CCN(C)C1. The van der Waals surface area contributed by atoms with Gasteiger partial charge in [-0.3, -0.25) is 0 Å². The van der Waals surface area contributed by atoms with Gasteiger partial charge in [-0.15, -0.1) is 0 Å². The molecule has 0 spiro atoms. The van der Waals surface area contributed by atoms with Crippen LogP contribution in [0.5, 0.6) is 0 Å². The van der Waals surface area contributed by atoms with Crippen LogP contribution in [-0.2, 0) is 0 Å². The van der Waals surface area contributed by atoms with Crippen molar-refractivity contribution in [3.8, 4) is 0 Å². The molecule has 1 atom stereocenters. The van der Waals surface area contributed by atoms with Gasteiger partial charge in [-0.1, -0.05) is 0 Å². The first kappa shape index (κ1) is 10.9. The maximum absolute atomic E-state index is 13.1. The Labute approximate surface area is 78.3 Å². The Morgan fingerprint density at radius 3 is 2.69 bits per heavy atom. The number of hydrogen-bond donors (Lipinski definition) is 1. The minimum atomic E-state index is -2.54. The molecule has 0 aromatic rings. The van der Waals surface area contributed by atoms with Crippen molar-refractivity contribution in [3.05, 3.63) is 0 Å². The van der Waals surface area contributed by atoms with Crippen molar-refractivity contribution in [1.29, 1.82) is 0 Å². The summed E-state index contributed by atoms with van der Waals surface area (Å²) in [5.74, 6) is -2.36. The van der Waals surface area contributed by atoms with Crippen molar-refractivity contribution >= 4 is 0 Å². The molecule has 0 aromatic carbocycles. The molecule has 1 aliphatic heterocycles. The van der Waals surface area contributed by atoms with Gasteiger partial charge in [0.05, 0.1) is 6.54 Å². The predicted octanol–water partition coefficient (Wildman–Crippen LogP) is 1.18. The lowest BCUT2D eigenvalue weighted by Crippen LogP contribution is -2.33. The summed E-state index contributed by atoms with van der Waals surface area (Å²) < 4.78 is 26.2. The lowest BCUT2D eigenvalue weighted by molar-refractivity contribution is -0.0185. The zero-order valence-electron chi connectivity index (χ0n) is 8.32. The number of nitrogens with one attached hydrogen (secondary N) is 1. The zero-order chi connectivity index (χ0) is 9.90. The second-order valence-corrected chi connectivity index (χ2v) is 4.01. The van der Waals surface area contributed by atoms with Gasteiger partial charge in [0.15, 0.2) is 0 Å². The average molecular weight is 192 g/mol. The lowest BCUT2D eigenvalue weighted by Gasteiger charge is -2.19. The highest BCUT2D eigenvalue weighted by Gasteiger charge is 2.34. The van der Waals surface area contributed by atoms with E-state index in [1.54, 1.807) is 7.05 Å². The molecular formula is C9H18F2N2. The topological polar surface area (TPSA) is 15.3 Å². The van der Waals surface area contributed by atoms with E-state index >= 15 is 0 Å². The van der Waals surface area contributed by atoms with Gasteiger partial charge in [-0.2, -0.15) is 0 Å². The molecular weight excluding hydrogens is 174 g/mol. The molecule has 0 saturated carbocycles. The van der Waals surface area contributed by atoms with E-state index in [4.69, 9.17) is 0 Å². The molecule has 1 rings (SSSR count). The Balaban J connectivity index is 2.30. The third kappa shape index (κ3) is 3.56. The van der Waals surface area contributed by atoms with Crippen molar-refractivity contribution in [2.75, 3.05) is 33.7 Å². The Morgan fingerprint density at radius 2 is 2.23 bits per heavy atom. The monoisotopic (exact) mass is 192 g/mol. The average Bonchev–Trinajstić information content (AvgIpc) is 2.34. The van der Waals surface area contributed by atoms with Gasteiger partial charge >= 0.3 is 0 Å². The van der Waals surface area contributed by atoms with Crippen LogP contribution in [0, 0.1) is 5.92 Å². The van der Waals surface area contributed by atoms with Crippen molar-refractivity contribution in [2.24, 2.45) is 5.92 Å². The van der Waals surface area contributed by atoms with Crippen LogP contribution in [0.25, 0.3) is 0 Å². The number of likely N-dealkylation sites (tertiary alicyclic amines) is 1. The number of hydrogen-bond acceptors (Lipinski definition) is 2. The van der Waals surface area contributed by atoms with Gasteiger partial charge in [0.2, 0.25) is 0 Å². The van der Waals surface area contributed by atoms with Crippen LogP contribution in [0.15, 0.2) is 0 Å². The summed E-state index contributed by atoms with van der Waals surface area (Å²) in [4.78, 5) is 2.11. The number of halogens is 2. The highest BCUT2D eigenvalue weighted by Crippen LogP contribution is 2.28. The van der Waals surface area contributed by atoms with E-state index in [-0.39, 0.29) is 18.9 Å². The van der Waals surface area contributed by atoms with E-state index in [1.807, 2.05) is 7.05 Å². The first-order valence-electron chi connectivity index (χ1n) is 4.74. The van der Waals surface area contributed by atoms with Crippen LogP contribution in [0.4, 0.5) is 8.78 Å². The Morgan fingerprint density at radius 1 is 1.54 bits per heavy atom. The highest BCUT2D eigenvalue weighted by atomic mass is 19.3. The molecule has 0 aromatic heterocycles. The molecule has 1 heterocycles. The smallest absolute Gasteiger partial charge is 0.260 e. The largest absolute Gasteiger partial charge is 0.314 e. The molecule has 0 radical (unpaired) electrons. The van der Waals surface area contributed by atoms with Gasteiger partial charge in [0.25, 0.3) is 5.92 Å². The molecule has 1 unspecified atom stereocenters. The van der Waals surface area contributed by atoms with E-state index in [0.717, 1.165) is 19.5 Å². The molecule has 1 aliphatic rings. The summed E-state index contributed by atoms with van der Waals surface area (Å²) in [7, 11) is 3.55. The van der Waals surface area contributed by atoms with Crippen LogP contribution in [0.3, 0.4) is 0 Å².